The minimum absolute atomic E-state index is 0.349. The van der Waals surface area contributed by atoms with Crippen LogP contribution in [0.25, 0.3) is 0 Å². The van der Waals surface area contributed by atoms with Gasteiger partial charge >= 0.3 is 6.18 Å². The van der Waals surface area contributed by atoms with Gasteiger partial charge in [-0.3, -0.25) is 4.90 Å². The first-order valence-corrected chi connectivity index (χ1v) is 6.01. The van der Waals surface area contributed by atoms with Crippen LogP contribution in [0.1, 0.15) is 17.5 Å². The van der Waals surface area contributed by atoms with Crippen molar-refractivity contribution in [2.75, 3.05) is 13.1 Å². The zero-order valence-corrected chi connectivity index (χ0v) is 9.95. The van der Waals surface area contributed by atoms with E-state index in [2.05, 4.69) is 0 Å². The normalized spacial score (nSPS) is 19.1. The molecular formula is C13H16F3NO. The van der Waals surface area contributed by atoms with Crippen molar-refractivity contribution in [3.8, 4) is 0 Å². The van der Waals surface area contributed by atoms with Crippen LogP contribution in [0.5, 0.6) is 0 Å². The summed E-state index contributed by atoms with van der Waals surface area (Å²) in [7, 11) is 0. The van der Waals surface area contributed by atoms with Gasteiger partial charge in [0.15, 0.2) is 6.10 Å². The third-order valence-corrected chi connectivity index (χ3v) is 3.24. The van der Waals surface area contributed by atoms with Crippen molar-refractivity contribution in [2.24, 2.45) is 0 Å². The number of halogens is 3. The van der Waals surface area contributed by atoms with Gasteiger partial charge in [-0.15, -0.1) is 0 Å². The number of β-amino-alcohol motifs (C(OH)–C–C–N with tert-alkyl or cyclic N) is 1. The molecule has 2 rings (SSSR count). The van der Waals surface area contributed by atoms with Crippen LogP contribution in [0.3, 0.4) is 0 Å². The van der Waals surface area contributed by atoms with Crippen LogP contribution < -0.4 is 0 Å². The number of benzene rings is 1. The maximum Gasteiger partial charge on any atom is 0.415 e. The highest BCUT2D eigenvalue weighted by molar-refractivity contribution is 5.28. The summed E-state index contributed by atoms with van der Waals surface area (Å²) < 4.78 is 37.0. The first kappa shape index (κ1) is 13.4. The maximum atomic E-state index is 12.3. The molecule has 0 amide bonds. The van der Waals surface area contributed by atoms with Gasteiger partial charge in [-0.05, 0) is 30.5 Å². The molecule has 1 aliphatic heterocycles. The Labute approximate surface area is 104 Å². The number of alkyl halides is 3. The Hall–Kier alpha value is -1.07. The number of hydrogen-bond donors (Lipinski definition) is 1. The van der Waals surface area contributed by atoms with Gasteiger partial charge in [0.25, 0.3) is 0 Å². The van der Waals surface area contributed by atoms with E-state index in [4.69, 9.17) is 5.11 Å². The first-order chi connectivity index (χ1) is 8.47. The predicted molar refractivity (Wildman–Crippen MR) is 62.1 cm³/mol. The third kappa shape index (κ3) is 3.23. The van der Waals surface area contributed by atoms with Gasteiger partial charge in [0.05, 0.1) is 0 Å². The summed E-state index contributed by atoms with van der Waals surface area (Å²) in [5.74, 6) is 0. The summed E-state index contributed by atoms with van der Waals surface area (Å²) in [5, 5.41) is 9.11. The highest BCUT2D eigenvalue weighted by Gasteiger charge is 2.39. The average molecular weight is 259 g/mol. The summed E-state index contributed by atoms with van der Waals surface area (Å²) >= 11 is 0. The fraction of sp³-hybridized carbons (Fsp3) is 0.538. The summed E-state index contributed by atoms with van der Waals surface area (Å²) in [6.45, 7) is 0.711. The van der Waals surface area contributed by atoms with Gasteiger partial charge in [0.1, 0.15) is 0 Å². The van der Waals surface area contributed by atoms with Gasteiger partial charge in [-0.25, -0.2) is 0 Å². The van der Waals surface area contributed by atoms with Crippen LogP contribution in [-0.2, 0) is 13.0 Å². The molecule has 1 unspecified atom stereocenters. The number of fused-ring (bicyclic) bond motifs is 1. The number of hydrogen-bond acceptors (Lipinski definition) is 2. The van der Waals surface area contributed by atoms with Gasteiger partial charge in [-0.2, -0.15) is 13.2 Å². The topological polar surface area (TPSA) is 23.5 Å². The van der Waals surface area contributed by atoms with E-state index >= 15 is 0 Å². The van der Waals surface area contributed by atoms with Crippen LogP contribution in [0.4, 0.5) is 13.2 Å². The van der Waals surface area contributed by atoms with Crippen LogP contribution in [0, 0.1) is 0 Å². The van der Waals surface area contributed by atoms with Gasteiger partial charge < -0.3 is 5.11 Å². The number of aliphatic hydroxyl groups excluding tert-OH is 1. The van der Waals surface area contributed by atoms with Crippen molar-refractivity contribution in [3.63, 3.8) is 0 Å². The van der Waals surface area contributed by atoms with E-state index in [9.17, 15) is 13.2 Å². The van der Waals surface area contributed by atoms with Crippen LogP contribution in [-0.4, -0.2) is 35.4 Å². The number of aliphatic hydroxyl groups is 1. The molecule has 0 aromatic heterocycles. The SMILES string of the molecule is OC(CN1CCCc2ccccc2C1)C(F)(F)F. The predicted octanol–water partition coefficient (Wildman–Crippen LogP) is 2.36. The van der Waals surface area contributed by atoms with Crippen LogP contribution in [0.15, 0.2) is 24.3 Å². The maximum absolute atomic E-state index is 12.3. The Balaban J connectivity index is 2.04. The lowest BCUT2D eigenvalue weighted by molar-refractivity contribution is -0.208. The Morgan fingerprint density at radius 3 is 2.56 bits per heavy atom. The molecule has 0 saturated heterocycles. The van der Waals surface area contributed by atoms with E-state index in [0.29, 0.717) is 13.1 Å². The summed E-state index contributed by atoms with van der Waals surface area (Å²) in [6, 6.07) is 7.79. The average Bonchev–Trinajstić information content (AvgIpc) is 2.49. The number of aryl methyl sites for hydroxylation is 1. The van der Waals surface area contributed by atoms with E-state index in [1.807, 2.05) is 24.3 Å². The molecule has 0 bridgehead atoms. The second-order valence-corrected chi connectivity index (χ2v) is 4.66. The third-order valence-electron chi connectivity index (χ3n) is 3.24. The lowest BCUT2D eigenvalue weighted by Crippen LogP contribution is -2.40. The molecule has 1 N–H and O–H groups in total. The monoisotopic (exact) mass is 259 g/mol. The quantitative estimate of drug-likeness (QED) is 0.881. The van der Waals surface area contributed by atoms with E-state index in [0.717, 1.165) is 18.4 Å². The van der Waals surface area contributed by atoms with Crippen molar-refractivity contribution < 1.29 is 18.3 Å². The van der Waals surface area contributed by atoms with E-state index < -0.39 is 12.3 Å². The van der Waals surface area contributed by atoms with E-state index in [-0.39, 0.29) is 6.54 Å². The minimum Gasteiger partial charge on any atom is -0.382 e. The summed E-state index contributed by atoms with van der Waals surface area (Å²) in [5.41, 5.74) is 2.26. The Morgan fingerprint density at radius 2 is 1.89 bits per heavy atom. The fourth-order valence-electron chi connectivity index (χ4n) is 2.27. The number of rotatable bonds is 2. The molecule has 5 heteroatoms. The molecule has 0 fully saturated rings. The highest BCUT2D eigenvalue weighted by Crippen LogP contribution is 2.23. The van der Waals surface area contributed by atoms with Crippen LogP contribution in [0.2, 0.25) is 0 Å². The largest absolute Gasteiger partial charge is 0.415 e. The van der Waals surface area contributed by atoms with Gasteiger partial charge in [0, 0.05) is 13.1 Å². The molecule has 1 atom stereocenters. The molecular weight excluding hydrogens is 243 g/mol. The number of nitrogens with zero attached hydrogens (tertiary/aromatic N) is 1. The molecule has 1 aromatic rings. The minimum atomic E-state index is -4.54. The lowest BCUT2D eigenvalue weighted by Gasteiger charge is -2.24. The lowest BCUT2D eigenvalue weighted by atomic mass is 10.0. The molecule has 1 aromatic carbocycles. The zero-order valence-electron chi connectivity index (χ0n) is 9.95. The molecule has 1 heterocycles. The molecule has 1 aliphatic rings. The van der Waals surface area contributed by atoms with Gasteiger partial charge in [-0.1, -0.05) is 24.3 Å². The molecule has 100 valence electrons. The zero-order chi connectivity index (χ0) is 13.2. The fourth-order valence-corrected chi connectivity index (χ4v) is 2.27. The van der Waals surface area contributed by atoms with Crippen molar-refractivity contribution >= 4 is 0 Å². The molecule has 0 saturated carbocycles. The summed E-state index contributed by atoms with van der Waals surface area (Å²) in [6.07, 6.45) is -5.09. The standard InChI is InChI=1S/C13H16F3NO/c14-13(15,16)12(18)9-17-7-3-6-10-4-1-2-5-11(10)8-17/h1-2,4-5,12,18H,3,6-9H2. The van der Waals surface area contributed by atoms with Crippen LogP contribution >= 0.6 is 0 Å². The van der Waals surface area contributed by atoms with Crippen molar-refractivity contribution in [1.82, 2.24) is 4.90 Å². The molecule has 2 nitrogen and oxygen atoms in total. The Morgan fingerprint density at radius 1 is 1.22 bits per heavy atom. The van der Waals surface area contributed by atoms with E-state index in [1.54, 1.807) is 4.90 Å². The molecule has 0 spiro atoms. The Kier molecular flexibility index (Phi) is 3.92. The highest BCUT2D eigenvalue weighted by atomic mass is 19.4. The van der Waals surface area contributed by atoms with Gasteiger partial charge in [0.2, 0.25) is 0 Å². The Bertz CT molecular complexity index is 405. The second-order valence-electron chi connectivity index (χ2n) is 4.66. The van der Waals surface area contributed by atoms with Crippen molar-refractivity contribution in [3.05, 3.63) is 35.4 Å². The molecule has 18 heavy (non-hydrogen) atoms. The first-order valence-electron chi connectivity index (χ1n) is 6.01. The summed E-state index contributed by atoms with van der Waals surface area (Å²) in [4.78, 5) is 1.67. The molecule has 0 aliphatic carbocycles. The molecule has 0 radical (unpaired) electrons. The van der Waals surface area contributed by atoms with Crippen molar-refractivity contribution in [2.45, 2.75) is 31.7 Å². The van der Waals surface area contributed by atoms with E-state index in [1.165, 1.54) is 5.56 Å². The second kappa shape index (κ2) is 5.28. The smallest absolute Gasteiger partial charge is 0.382 e. The van der Waals surface area contributed by atoms with Crippen molar-refractivity contribution in [1.29, 1.82) is 0 Å².